The number of hydrogen-bond acceptors (Lipinski definition) is 6. The first-order valence-electron chi connectivity index (χ1n) is 13.5. The smallest absolute Gasteiger partial charge is 0.333 e. The number of pyridine rings is 1. The molecule has 1 fully saturated rings. The van der Waals surface area contributed by atoms with E-state index in [-0.39, 0.29) is 28.0 Å². The zero-order chi connectivity index (χ0) is 30.3. The van der Waals surface area contributed by atoms with Crippen molar-refractivity contribution in [3.05, 3.63) is 96.2 Å². The van der Waals surface area contributed by atoms with Crippen LogP contribution in [0, 0.1) is 26.6 Å². The average Bonchev–Trinajstić information content (AvgIpc) is 2.97. The number of carbonyl (C=O) groups excluding carboxylic acids is 1. The fourth-order valence-electron chi connectivity index (χ4n) is 4.53. The Morgan fingerprint density at radius 1 is 0.951 bits per heavy atom. The van der Waals surface area contributed by atoms with Crippen LogP contribution < -0.4 is 27.4 Å². The number of aromatic nitrogens is 3. The maximum Gasteiger partial charge on any atom is 0.333 e. The Labute approximate surface area is 237 Å². The van der Waals surface area contributed by atoms with Gasteiger partial charge in [-0.3, -0.25) is 28.5 Å². The van der Waals surface area contributed by atoms with E-state index in [1.54, 1.807) is 43.0 Å². The number of piperazine rings is 1. The number of benzene rings is 2. The van der Waals surface area contributed by atoms with Crippen LogP contribution in [0.1, 0.15) is 30.5 Å². The number of hydrogen-bond donors (Lipinski definition) is 3. The molecule has 2 aromatic heterocycles. The van der Waals surface area contributed by atoms with Gasteiger partial charge < -0.3 is 15.5 Å². The molecule has 0 saturated carbocycles. The third-order valence-electron chi connectivity index (χ3n) is 6.60. The number of amides is 1. The lowest BCUT2D eigenvalue weighted by Gasteiger charge is -2.22. The van der Waals surface area contributed by atoms with Gasteiger partial charge in [-0.1, -0.05) is 32.0 Å². The summed E-state index contributed by atoms with van der Waals surface area (Å²) in [5.41, 5.74) is 0.934. The van der Waals surface area contributed by atoms with Gasteiger partial charge in [0.15, 0.2) is 0 Å². The van der Waals surface area contributed by atoms with Crippen molar-refractivity contribution in [1.82, 2.24) is 24.3 Å². The lowest BCUT2D eigenvalue weighted by atomic mass is 10.1. The normalized spacial score (nSPS) is 12.6. The minimum atomic E-state index is -0.669. The zero-order valence-corrected chi connectivity index (χ0v) is 24.3. The van der Waals surface area contributed by atoms with Crippen molar-refractivity contribution in [1.29, 1.82) is 0 Å². The summed E-state index contributed by atoms with van der Waals surface area (Å²) in [4.78, 5) is 52.9. The molecule has 5 rings (SSSR count). The molecule has 0 bridgehead atoms. The molecular weight excluding hydrogens is 527 g/mol. The highest BCUT2D eigenvalue weighted by molar-refractivity contribution is 5.93. The summed E-state index contributed by atoms with van der Waals surface area (Å²) >= 11 is 0. The standard InChI is InChI=1S/C23H21FN4O3.C5H10N2O.C2H6/c1-12-6-5-7-15(10-12)28-19-14(3)22(30)27(4)20(18(19)21(29)26-23(28)31)25-17-9-8-13(2)11-16(17)24;8-5-7-3-1-6-2-4-7;1-2/h5-11,25H,1-4H3,(H,26,29,31);5-6H,1-4H2;1-2H3. The molecule has 1 amide bonds. The molecule has 1 aliphatic heterocycles. The molecule has 0 spiro atoms. The third kappa shape index (κ3) is 6.80. The van der Waals surface area contributed by atoms with Gasteiger partial charge in [0.1, 0.15) is 17.0 Å². The molecule has 0 unspecified atom stereocenters. The number of nitrogens with one attached hydrogen (secondary N) is 3. The molecule has 4 aromatic rings. The summed E-state index contributed by atoms with van der Waals surface area (Å²) in [7, 11) is 1.49. The molecule has 0 atom stereocenters. The van der Waals surface area contributed by atoms with Crippen molar-refractivity contribution in [2.45, 2.75) is 34.6 Å². The fraction of sp³-hybridized carbons (Fsp3) is 0.333. The van der Waals surface area contributed by atoms with Gasteiger partial charge in [0.2, 0.25) is 6.41 Å². The number of H-pyrrole nitrogens is 1. The number of anilines is 2. The SMILES string of the molecule is CC.Cc1cccc(-n2c(=O)[nH]c(=O)c3c(Nc4ccc(C)cc4F)n(C)c(=O)c(C)c32)c1.O=CN1CCNCC1. The van der Waals surface area contributed by atoms with Crippen LogP contribution in [0.2, 0.25) is 0 Å². The first-order chi connectivity index (χ1) is 19.6. The summed E-state index contributed by atoms with van der Waals surface area (Å²) < 4.78 is 17.1. The molecule has 218 valence electrons. The van der Waals surface area contributed by atoms with Crippen LogP contribution in [0.4, 0.5) is 15.9 Å². The van der Waals surface area contributed by atoms with E-state index in [2.05, 4.69) is 15.6 Å². The van der Waals surface area contributed by atoms with E-state index in [0.29, 0.717) is 5.69 Å². The van der Waals surface area contributed by atoms with Crippen LogP contribution >= 0.6 is 0 Å². The van der Waals surface area contributed by atoms with Gasteiger partial charge >= 0.3 is 5.69 Å². The first kappa shape index (κ1) is 31.0. The first-order valence-corrected chi connectivity index (χ1v) is 13.5. The summed E-state index contributed by atoms with van der Waals surface area (Å²) in [5.74, 6) is -0.430. The molecule has 10 nitrogen and oxygen atoms in total. The second-order valence-corrected chi connectivity index (χ2v) is 9.49. The molecule has 3 N–H and O–H groups in total. The van der Waals surface area contributed by atoms with Crippen LogP contribution in [0.5, 0.6) is 0 Å². The van der Waals surface area contributed by atoms with Crippen molar-refractivity contribution >= 4 is 28.8 Å². The van der Waals surface area contributed by atoms with Crippen molar-refractivity contribution in [2.24, 2.45) is 7.05 Å². The van der Waals surface area contributed by atoms with Crippen LogP contribution in [-0.4, -0.2) is 51.6 Å². The molecule has 3 heterocycles. The Bertz CT molecular complexity index is 1720. The summed E-state index contributed by atoms with van der Waals surface area (Å²) in [6, 6.07) is 11.8. The van der Waals surface area contributed by atoms with Gasteiger partial charge in [-0.2, -0.15) is 0 Å². The monoisotopic (exact) mass is 564 g/mol. The highest BCUT2D eigenvalue weighted by atomic mass is 19.1. The number of fused-ring (bicyclic) bond motifs is 1. The predicted octanol–water partition coefficient (Wildman–Crippen LogP) is 3.26. The Hall–Kier alpha value is -4.51. The molecule has 0 aliphatic carbocycles. The molecule has 0 radical (unpaired) electrons. The number of carbonyl (C=O) groups is 1. The molecule has 1 saturated heterocycles. The van der Waals surface area contributed by atoms with Gasteiger partial charge in [0.05, 0.1) is 16.9 Å². The minimum absolute atomic E-state index is 0.0840. The maximum atomic E-state index is 14.5. The second-order valence-electron chi connectivity index (χ2n) is 9.49. The summed E-state index contributed by atoms with van der Waals surface area (Å²) in [6.45, 7) is 12.8. The number of nitrogens with zero attached hydrogens (tertiary/aromatic N) is 3. The van der Waals surface area contributed by atoms with Crippen molar-refractivity contribution in [3.63, 3.8) is 0 Å². The van der Waals surface area contributed by atoms with Gasteiger partial charge in [-0.25, -0.2) is 9.18 Å². The number of halogens is 1. The lowest BCUT2D eigenvalue weighted by molar-refractivity contribution is -0.118. The molecule has 2 aromatic carbocycles. The number of aromatic amines is 1. The Kier molecular flexibility index (Phi) is 10.4. The molecular formula is C30H37FN6O4. The zero-order valence-electron chi connectivity index (χ0n) is 24.3. The van der Waals surface area contributed by atoms with Gasteiger partial charge in [0.25, 0.3) is 11.1 Å². The van der Waals surface area contributed by atoms with Crippen LogP contribution in [-0.2, 0) is 11.8 Å². The quantitative estimate of drug-likeness (QED) is 0.327. The Balaban J connectivity index is 0.000000394. The van der Waals surface area contributed by atoms with E-state index < -0.39 is 22.6 Å². The van der Waals surface area contributed by atoms with E-state index in [1.807, 2.05) is 26.8 Å². The number of rotatable bonds is 4. The highest BCUT2D eigenvalue weighted by Gasteiger charge is 2.21. The van der Waals surface area contributed by atoms with E-state index in [4.69, 9.17) is 0 Å². The van der Waals surface area contributed by atoms with E-state index in [0.717, 1.165) is 43.7 Å². The largest absolute Gasteiger partial charge is 0.343 e. The summed E-state index contributed by atoms with van der Waals surface area (Å²) in [6.07, 6.45) is 0.904. The van der Waals surface area contributed by atoms with Crippen molar-refractivity contribution in [2.75, 3.05) is 31.5 Å². The van der Waals surface area contributed by atoms with Gasteiger partial charge in [-0.05, 0) is 56.2 Å². The van der Waals surface area contributed by atoms with Gasteiger partial charge in [0, 0.05) is 38.8 Å². The van der Waals surface area contributed by atoms with Crippen LogP contribution in [0.15, 0.2) is 56.8 Å². The topological polar surface area (TPSA) is 121 Å². The van der Waals surface area contributed by atoms with Crippen LogP contribution in [0.25, 0.3) is 16.6 Å². The van der Waals surface area contributed by atoms with E-state index in [9.17, 15) is 23.6 Å². The number of aryl methyl sites for hydroxylation is 3. The molecule has 11 heteroatoms. The van der Waals surface area contributed by atoms with Crippen molar-refractivity contribution < 1.29 is 9.18 Å². The van der Waals surface area contributed by atoms with Crippen LogP contribution in [0.3, 0.4) is 0 Å². The summed E-state index contributed by atoms with van der Waals surface area (Å²) in [5, 5.41) is 6.11. The molecule has 1 aliphatic rings. The third-order valence-corrected chi connectivity index (χ3v) is 6.60. The Morgan fingerprint density at radius 2 is 1.61 bits per heavy atom. The van der Waals surface area contributed by atoms with Gasteiger partial charge in [-0.15, -0.1) is 0 Å². The lowest BCUT2D eigenvalue weighted by Crippen LogP contribution is -2.42. The minimum Gasteiger partial charge on any atom is -0.343 e. The average molecular weight is 565 g/mol. The highest BCUT2D eigenvalue weighted by Crippen LogP contribution is 2.26. The van der Waals surface area contributed by atoms with E-state index >= 15 is 0 Å². The van der Waals surface area contributed by atoms with Crippen molar-refractivity contribution in [3.8, 4) is 5.69 Å². The fourth-order valence-corrected chi connectivity index (χ4v) is 4.53. The second kappa shape index (κ2) is 13.7. The molecule has 41 heavy (non-hydrogen) atoms. The maximum absolute atomic E-state index is 14.5. The van der Waals surface area contributed by atoms with E-state index in [1.165, 1.54) is 28.3 Å². The Morgan fingerprint density at radius 3 is 2.20 bits per heavy atom. The predicted molar refractivity (Wildman–Crippen MR) is 161 cm³/mol.